The van der Waals surface area contributed by atoms with Crippen LogP contribution in [0.4, 0.5) is 0 Å². The molecule has 1 fully saturated rings. The summed E-state index contributed by atoms with van der Waals surface area (Å²) in [7, 11) is 1.57. The van der Waals surface area contributed by atoms with Gasteiger partial charge in [-0.2, -0.15) is 5.10 Å². The van der Waals surface area contributed by atoms with Crippen LogP contribution in [-0.2, 0) is 21.4 Å². The molecule has 1 saturated heterocycles. The van der Waals surface area contributed by atoms with E-state index in [1.54, 1.807) is 7.11 Å². The van der Waals surface area contributed by atoms with Crippen molar-refractivity contribution < 1.29 is 9.53 Å². The van der Waals surface area contributed by atoms with E-state index in [0.717, 1.165) is 36.2 Å². The number of aromatic nitrogens is 3. The number of amides is 1. The Bertz CT molecular complexity index is 805. The smallest absolute Gasteiger partial charge is 0.249 e. The van der Waals surface area contributed by atoms with Crippen LogP contribution < -0.4 is 0 Å². The molecule has 1 amide bonds. The van der Waals surface area contributed by atoms with E-state index >= 15 is 0 Å². The van der Waals surface area contributed by atoms with E-state index in [0.29, 0.717) is 0 Å². The predicted octanol–water partition coefficient (Wildman–Crippen LogP) is 2.26. The maximum atomic E-state index is 12.4. The van der Waals surface area contributed by atoms with E-state index in [2.05, 4.69) is 31.8 Å². The Kier molecular flexibility index (Phi) is 3.42. The van der Waals surface area contributed by atoms with Crippen LogP contribution >= 0.6 is 0 Å². The summed E-state index contributed by atoms with van der Waals surface area (Å²) in [6.07, 6.45) is 4.81. The number of carbonyl (C=O) groups is 1. The van der Waals surface area contributed by atoms with Crippen molar-refractivity contribution in [2.45, 2.75) is 57.5 Å². The van der Waals surface area contributed by atoms with Gasteiger partial charge in [-0.25, -0.2) is 9.50 Å². The molecule has 4 heterocycles. The maximum Gasteiger partial charge on any atom is 0.249 e. The molecule has 0 aromatic carbocycles. The van der Waals surface area contributed by atoms with Crippen molar-refractivity contribution in [1.82, 2.24) is 19.5 Å². The van der Waals surface area contributed by atoms with Crippen LogP contribution in [0.3, 0.4) is 0 Å². The molecule has 6 nitrogen and oxygen atoms in total. The average molecular weight is 328 g/mol. The highest BCUT2D eigenvalue weighted by Crippen LogP contribution is 2.43. The molecule has 2 aromatic rings. The SMILES string of the molecule is COCC(=O)N1[C@@H]2CC[C@H]1c1cnc3cc(C(C)(C)C)nn3c1C2. The Morgan fingerprint density at radius 1 is 1.38 bits per heavy atom. The van der Waals surface area contributed by atoms with Gasteiger partial charge < -0.3 is 9.64 Å². The third kappa shape index (κ3) is 2.24. The van der Waals surface area contributed by atoms with Gasteiger partial charge in [-0.05, 0) is 12.8 Å². The van der Waals surface area contributed by atoms with E-state index < -0.39 is 0 Å². The molecule has 0 radical (unpaired) electrons. The second kappa shape index (κ2) is 5.28. The molecular weight excluding hydrogens is 304 g/mol. The van der Waals surface area contributed by atoms with Crippen molar-refractivity contribution in [3.8, 4) is 0 Å². The monoisotopic (exact) mass is 328 g/mol. The summed E-state index contributed by atoms with van der Waals surface area (Å²) < 4.78 is 7.06. The lowest BCUT2D eigenvalue weighted by Gasteiger charge is -2.36. The molecule has 24 heavy (non-hydrogen) atoms. The molecule has 0 spiro atoms. The van der Waals surface area contributed by atoms with Crippen molar-refractivity contribution in [2.75, 3.05) is 13.7 Å². The lowest BCUT2D eigenvalue weighted by Crippen LogP contribution is -2.44. The van der Waals surface area contributed by atoms with Gasteiger partial charge in [0, 0.05) is 42.8 Å². The molecule has 2 bridgehead atoms. The highest BCUT2D eigenvalue weighted by molar-refractivity contribution is 5.79. The van der Waals surface area contributed by atoms with Crippen molar-refractivity contribution in [3.63, 3.8) is 0 Å². The summed E-state index contributed by atoms with van der Waals surface area (Å²) in [6.45, 7) is 6.64. The van der Waals surface area contributed by atoms with Crippen LogP contribution in [0, 0.1) is 0 Å². The first kappa shape index (κ1) is 15.6. The zero-order valence-electron chi connectivity index (χ0n) is 14.7. The lowest BCUT2D eigenvalue weighted by atomic mass is 9.93. The standard InChI is InChI=1S/C18H24N4O2/c1-18(2,3)15-8-16-19-9-12-13-6-5-11(7-14(12)22(16)20-15)21(13)17(23)10-24-4/h8-9,11,13H,5-7,10H2,1-4H3/t11-,13+/m1/s1. The fourth-order valence-electron chi connectivity index (χ4n) is 4.03. The van der Waals surface area contributed by atoms with Gasteiger partial charge in [-0.3, -0.25) is 4.79 Å². The minimum absolute atomic E-state index is 0.00526. The van der Waals surface area contributed by atoms with Crippen LogP contribution in [0.25, 0.3) is 5.65 Å². The summed E-state index contributed by atoms with van der Waals surface area (Å²) in [4.78, 5) is 19.0. The quantitative estimate of drug-likeness (QED) is 0.848. The van der Waals surface area contributed by atoms with Crippen LogP contribution in [0.2, 0.25) is 0 Å². The number of hydrogen-bond donors (Lipinski definition) is 0. The Morgan fingerprint density at radius 3 is 2.88 bits per heavy atom. The van der Waals surface area contributed by atoms with Gasteiger partial charge in [-0.15, -0.1) is 0 Å². The molecule has 2 aromatic heterocycles. The van der Waals surface area contributed by atoms with Gasteiger partial charge >= 0.3 is 0 Å². The summed E-state index contributed by atoms with van der Waals surface area (Å²) in [6, 6.07) is 2.43. The zero-order valence-corrected chi connectivity index (χ0v) is 14.7. The fraction of sp³-hybridized carbons (Fsp3) is 0.611. The van der Waals surface area contributed by atoms with E-state index in [4.69, 9.17) is 9.84 Å². The Hall–Kier alpha value is -1.95. The summed E-state index contributed by atoms with van der Waals surface area (Å²) >= 11 is 0. The highest BCUT2D eigenvalue weighted by Gasteiger charge is 2.43. The lowest BCUT2D eigenvalue weighted by molar-refractivity contribution is -0.138. The minimum atomic E-state index is -0.00526. The Labute approximate surface area is 141 Å². The molecular formula is C18H24N4O2. The van der Waals surface area contributed by atoms with E-state index in [1.807, 2.05) is 15.6 Å². The summed E-state index contributed by atoms with van der Waals surface area (Å²) in [5.41, 5.74) is 4.30. The molecule has 4 rings (SSSR count). The Balaban J connectivity index is 1.80. The normalized spacial score (nSPS) is 22.9. The first-order valence-electron chi connectivity index (χ1n) is 8.58. The van der Waals surface area contributed by atoms with Crippen molar-refractivity contribution in [3.05, 3.63) is 29.2 Å². The second-order valence-electron chi connectivity index (χ2n) is 7.89. The number of rotatable bonds is 2. The number of hydrogen-bond acceptors (Lipinski definition) is 4. The number of ether oxygens (including phenoxy) is 1. The molecule has 0 N–H and O–H groups in total. The van der Waals surface area contributed by atoms with Gasteiger partial charge in [0.1, 0.15) is 6.61 Å². The van der Waals surface area contributed by atoms with Crippen LogP contribution in [-0.4, -0.2) is 45.2 Å². The summed E-state index contributed by atoms with van der Waals surface area (Å²) in [5, 5.41) is 4.83. The number of fused-ring (bicyclic) bond motifs is 6. The van der Waals surface area contributed by atoms with Crippen molar-refractivity contribution in [2.24, 2.45) is 0 Å². The van der Waals surface area contributed by atoms with E-state index in [-0.39, 0.29) is 30.0 Å². The van der Waals surface area contributed by atoms with Gasteiger partial charge in [0.05, 0.1) is 17.4 Å². The molecule has 0 aliphatic carbocycles. The van der Waals surface area contributed by atoms with Crippen LogP contribution in [0.5, 0.6) is 0 Å². The van der Waals surface area contributed by atoms with Gasteiger partial charge in [0.2, 0.25) is 5.91 Å². The van der Waals surface area contributed by atoms with Crippen LogP contribution in [0.1, 0.15) is 56.6 Å². The Morgan fingerprint density at radius 2 is 2.17 bits per heavy atom. The fourth-order valence-corrected chi connectivity index (χ4v) is 4.03. The first-order chi connectivity index (χ1) is 11.4. The third-order valence-corrected chi connectivity index (χ3v) is 5.23. The number of carbonyl (C=O) groups excluding carboxylic acids is 1. The molecule has 0 saturated carbocycles. The molecule has 2 atom stereocenters. The first-order valence-corrected chi connectivity index (χ1v) is 8.58. The largest absolute Gasteiger partial charge is 0.375 e. The number of nitrogens with zero attached hydrogens (tertiary/aromatic N) is 4. The summed E-state index contributed by atoms with van der Waals surface area (Å²) in [5.74, 6) is 0.0755. The molecule has 0 unspecified atom stereocenters. The average Bonchev–Trinajstić information content (AvgIpc) is 3.08. The topological polar surface area (TPSA) is 59.7 Å². The molecule has 2 aliphatic rings. The molecule has 6 heteroatoms. The molecule has 128 valence electrons. The van der Waals surface area contributed by atoms with E-state index in [9.17, 15) is 4.79 Å². The maximum absolute atomic E-state index is 12.4. The van der Waals surface area contributed by atoms with Gasteiger partial charge in [0.15, 0.2) is 5.65 Å². The predicted molar refractivity (Wildman–Crippen MR) is 89.9 cm³/mol. The highest BCUT2D eigenvalue weighted by atomic mass is 16.5. The van der Waals surface area contributed by atoms with E-state index in [1.165, 1.54) is 5.69 Å². The third-order valence-electron chi connectivity index (χ3n) is 5.23. The van der Waals surface area contributed by atoms with Crippen molar-refractivity contribution >= 4 is 11.6 Å². The number of methoxy groups -OCH3 is 1. The zero-order chi connectivity index (χ0) is 17.1. The van der Waals surface area contributed by atoms with Crippen LogP contribution in [0.15, 0.2) is 12.3 Å². The van der Waals surface area contributed by atoms with Gasteiger partial charge in [-0.1, -0.05) is 20.8 Å². The molecule has 2 aliphatic heterocycles. The minimum Gasteiger partial charge on any atom is -0.375 e. The van der Waals surface area contributed by atoms with Crippen molar-refractivity contribution in [1.29, 1.82) is 0 Å². The van der Waals surface area contributed by atoms with Gasteiger partial charge in [0.25, 0.3) is 0 Å². The second-order valence-corrected chi connectivity index (χ2v) is 7.89.